The fourth-order valence-electron chi connectivity index (χ4n) is 2.96. The van der Waals surface area contributed by atoms with Gasteiger partial charge in [-0.25, -0.2) is 0 Å². The van der Waals surface area contributed by atoms with Crippen molar-refractivity contribution in [2.45, 2.75) is 27.2 Å². The van der Waals surface area contributed by atoms with Crippen LogP contribution in [0.5, 0.6) is 0 Å². The van der Waals surface area contributed by atoms with Crippen molar-refractivity contribution in [2.24, 2.45) is 0 Å². The predicted molar refractivity (Wildman–Crippen MR) is 97.4 cm³/mol. The van der Waals surface area contributed by atoms with Gasteiger partial charge < -0.3 is 5.32 Å². The maximum Gasteiger partial charge on any atom is 0.250 e. The summed E-state index contributed by atoms with van der Waals surface area (Å²) in [6, 6.07) is 6.11. The maximum absolute atomic E-state index is 12.0. The maximum atomic E-state index is 12.0. The molecule has 0 bridgehead atoms. The van der Waals surface area contributed by atoms with Crippen molar-refractivity contribution in [1.29, 1.82) is 0 Å². The molecule has 0 aliphatic heterocycles. The van der Waals surface area contributed by atoms with Crippen molar-refractivity contribution in [3.8, 4) is 11.8 Å². The highest BCUT2D eigenvalue weighted by Gasteiger charge is 2.14. The lowest BCUT2D eigenvalue weighted by Crippen LogP contribution is -2.12. The van der Waals surface area contributed by atoms with Crippen molar-refractivity contribution in [1.82, 2.24) is 0 Å². The molecule has 0 fully saturated rings. The number of hydrogen-bond acceptors (Lipinski definition) is 1. The van der Waals surface area contributed by atoms with Gasteiger partial charge in [-0.05, 0) is 55.0 Å². The molecule has 0 heterocycles. The Bertz CT molecular complexity index is 936. The van der Waals surface area contributed by atoms with Crippen LogP contribution in [0.25, 0.3) is 16.8 Å². The van der Waals surface area contributed by atoms with E-state index in [4.69, 9.17) is 0 Å². The molecule has 23 heavy (non-hydrogen) atoms. The molecule has 1 amide bonds. The lowest BCUT2D eigenvalue weighted by Gasteiger charge is -2.15. The third kappa shape index (κ3) is 2.66. The molecule has 2 aromatic rings. The molecule has 0 saturated carbocycles. The van der Waals surface area contributed by atoms with Gasteiger partial charge in [-0.3, -0.25) is 4.79 Å². The molecule has 0 spiro atoms. The highest BCUT2D eigenvalue weighted by molar-refractivity contribution is 6.10. The van der Waals surface area contributed by atoms with E-state index >= 15 is 0 Å². The molecule has 0 radical (unpaired) electrons. The lowest BCUT2D eigenvalue weighted by atomic mass is 9.91. The number of rotatable bonds is 2. The SMILES string of the molecule is C=C(C)C(=O)Nc1ccc(C)c2c(C)c3c(cc12)C=CCC#C3. The summed E-state index contributed by atoms with van der Waals surface area (Å²) in [5.74, 6) is 6.29. The second-order valence-corrected chi connectivity index (χ2v) is 5.96. The Hall–Kier alpha value is -2.79. The summed E-state index contributed by atoms with van der Waals surface area (Å²) in [6.07, 6.45) is 4.94. The van der Waals surface area contributed by atoms with Crippen molar-refractivity contribution in [2.75, 3.05) is 5.32 Å². The number of hydrogen-bond donors (Lipinski definition) is 1. The minimum absolute atomic E-state index is 0.155. The Balaban J connectivity index is 2.30. The van der Waals surface area contributed by atoms with E-state index in [-0.39, 0.29) is 5.91 Å². The molecule has 0 unspecified atom stereocenters. The summed E-state index contributed by atoms with van der Waals surface area (Å²) in [4.78, 5) is 12.0. The highest BCUT2D eigenvalue weighted by atomic mass is 16.1. The van der Waals surface area contributed by atoms with Crippen molar-refractivity contribution >= 4 is 28.4 Å². The monoisotopic (exact) mass is 301 g/mol. The minimum Gasteiger partial charge on any atom is -0.322 e. The third-order valence-electron chi connectivity index (χ3n) is 4.16. The molecule has 2 heteroatoms. The van der Waals surface area contributed by atoms with E-state index in [1.54, 1.807) is 6.92 Å². The summed E-state index contributed by atoms with van der Waals surface area (Å²) in [7, 11) is 0. The molecule has 3 rings (SSSR count). The van der Waals surface area contributed by atoms with Crippen LogP contribution in [0.1, 0.15) is 35.6 Å². The topological polar surface area (TPSA) is 29.1 Å². The number of allylic oxidation sites excluding steroid dienone is 1. The first-order valence-electron chi connectivity index (χ1n) is 7.68. The summed E-state index contributed by atoms with van der Waals surface area (Å²) in [5, 5.41) is 5.17. The zero-order chi connectivity index (χ0) is 16.6. The van der Waals surface area contributed by atoms with Crippen molar-refractivity contribution in [3.05, 3.63) is 58.7 Å². The molecule has 114 valence electrons. The zero-order valence-electron chi connectivity index (χ0n) is 13.7. The third-order valence-corrected chi connectivity index (χ3v) is 4.16. The first kappa shape index (κ1) is 15.1. The number of nitrogens with one attached hydrogen (secondary N) is 1. The van der Waals surface area contributed by atoms with Crippen LogP contribution < -0.4 is 5.32 Å². The zero-order valence-corrected chi connectivity index (χ0v) is 13.7. The quantitative estimate of drug-likeness (QED) is 0.630. The fraction of sp³-hybridized carbons (Fsp3) is 0.190. The van der Waals surface area contributed by atoms with Gasteiger partial charge in [0.05, 0.1) is 0 Å². The van der Waals surface area contributed by atoms with Crippen LogP contribution >= 0.6 is 0 Å². The van der Waals surface area contributed by atoms with E-state index in [1.807, 2.05) is 12.1 Å². The molecular weight excluding hydrogens is 282 g/mol. The Labute approximate surface area is 136 Å². The Morgan fingerprint density at radius 3 is 2.83 bits per heavy atom. The van der Waals surface area contributed by atoms with E-state index in [9.17, 15) is 4.79 Å². The van der Waals surface area contributed by atoms with Crippen LogP contribution in [0.15, 0.2) is 36.4 Å². The van der Waals surface area contributed by atoms with Gasteiger partial charge in [0.15, 0.2) is 0 Å². The van der Waals surface area contributed by atoms with Crippen LogP contribution in [0.2, 0.25) is 0 Å². The van der Waals surface area contributed by atoms with E-state index in [0.717, 1.165) is 34.0 Å². The minimum atomic E-state index is -0.155. The van der Waals surface area contributed by atoms with Gasteiger partial charge in [-0.15, -0.1) is 0 Å². The predicted octanol–water partition coefficient (Wildman–Crippen LogP) is 4.74. The van der Waals surface area contributed by atoms with Crippen molar-refractivity contribution in [3.63, 3.8) is 0 Å². The molecule has 0 atom stereocenters. The van der Waals surface area contributed by atoms with Gasteiger partial charge in [0.1, 0.15) is 0 Å². The Morgan fingerprint density at radius 2 is 2.09 bits per heavy atom. The van der Waals surface area contributed by atoms with Crippen LogP contribution in [-0.2, 0) is 4.79 Å². The summed E-state index contributed by atoms with van der Waals surface area (Å²) in [6.45, 7) is 9.61. The second-order valence-electron chi connectivity index (χ2n) is 5.96. The summed E-state index contributed by atoms with van der Waals surface area (Å²) in [5.41, 5.74) is 5.85. The number of fused-ring (bicyclic) bond motifs is 2. The van der Waals surface area contributed by atoms with Gasteiger partial charge in [-0.2, -0.15) is 0 Å². The standard InChI is InChI=1S/C21H19NO/c1-13(2)21(23)22-19-11-10-14(3)20-15(4)17-9-7-5-6-8-16(17)12-18(19)20/h6,8,10-12H,1,5H2,2-4H3,(H,22,23). The molecule has 2 aromatic carbocycles. The normalized spacial score (nSPS) is 12.1. The van der Waals surface area contributed by atoms with Gasteiger partial charge in [0, 0.05) is 28.6 Å². The van der Waals surface area contributed by atoms with Crippen molar-refractivity contribution < 1.29 is 4.79 Å². The van der Waals surface area contributed by atoms with Crippen LogP contribution in [0.3, 0.4) is 0 Å². The first-order chi connectivity index (χ1) is 11.0. The van der Waals surface area contributed by atoms with E-state index in [1.165, 1.54) is 11.1 Å². The number of amides is 1. The van der Waals surface area contributed by atoms with E-state index in [0.29, 0.717) is 5.57 Å². The average molecular weight is 301 g/mol. The van der Waals surface area contributed by atoms with Gasteiger partial charge in [-0.1, -0.05) is 36.6 Å². The molecule has 0 aromatic heterocycles. The summed E-state index contributed by atoms with van der Waals surface area (Å²) < 4.78 is 0. The fourth-order valence-corrected chi connectivity index (χ4v) is 2.96. The van der Waals surface area contributed by atoms with Gasteiger partial charge in [0.25, 0.3) is 5.91 Å². The highest BCUT2D eigenvalue weighted by Crippen LogP contribution is 2.34. The van der Waals surface area contributed by atoms with Crippen LogP contribution in [0.4, 0.5) is 5.69 Å². The van der Waals surface area contributed by atoms with Crippen LogP contribution in [0, 0.1) is 25.7 Å². The number of benzene rings is 2. The Kier molecular flexibility index (Phi) is 3.80. The van der Waals surface area contributed by atoms with Gasteiger partial charge >= 0.3 is 0 Å². The molecule has 0 saturated heterocycles. The second kappa shape index (κ2) is 5.78. The van der Waals surface area contributed by atoms with Crippen LogP contribution in [-0.4, -0.2) is 5.91 Å². The average Bonchev–Trinajstić information content (AvgIpc) is 2.75. The smallest absolute Gasteiger partial charge is 0.250 e. The van der Waals surface area contributed by atoms with E-state index in [2.05, 4.69) is 55.8 Å². The van der Waals surface area contributed by atoms with Gasteiger partial charge in [0.2, 0.25) is 0 Å². The first-order valence-corrected chi connectivity index (χ1v) is 7.68. The number of carbonyl (C=O) groups excluding carboxylic acids is 1. The number of carbonyl (C=O) groups is 1. The molecule has 2 nitrogen and oxygen atoms in total. The van der Waals surface area contributed by atoms with E-state index < -0.39 is 0 Å². The molecule has 1 N–H and O–H groups in total. The lowest BCUT2D eigenvalue weighted by molar-refractivity contribution is -0.112. The molecule has 1 aliphatic rings. The summed E-state index contributed by atoms with van der Waals surface area (Å²) >= 11 is 0. The Morgan fingerprint density at radius 1 is 1.30 bits per heavy atom. The largest absolute Gasteiger partial charge is 0.322 e. The number of anilines is 1. The number of aryl methyl sites for hydroxylation is 2. The molecule has 1 aliphatic carbocycles. The molecular formula is C21H19NO.